The van der Waals surface area contributed by atoms with Crippen molar-refractivity contribution >= 4 is 35.3 Å². The summed E-state index contributed by atoms with van der Waals surface area (Å²) in [6, 6.07) is 17.3. The Bertz CT molecular complexity index is 1380. The van der Waals surface area contributed by atoms with Gasteiger partial charge in [-0.05, 0) is 54.8 Å². The van der Waals surface area contributed by atoms with Crippen LogP contribution >= 0.6 is 0 Å². The van der Waals surface area contributed by atoms with Gasteiger partial charge in [0.25, 0.3) is 17.5 Å². The van der Waals surface area contributed by atoms with Gasteiger partial charge in [0.1, 0.15) is 17.9 Å². The zero-order chi connectivity index (χ0) is 25.1. The molecule has 9 nitrogen and oxygen atoms in total. The van der Waals surface area contributed by atoms with Crippen molar-refractivity contribution in [2.75, 3.05) is 4.90 Å². The topological polar surface area (TPSA) is 119 Å². The number of nitrogens with zero attached hydrogens (tertiary/aromatic N) is 2. The minimum absolute atomic E-state index is 0.0369. The highest BCUT2D eigenvalue weighted by Gasteiger charge is 2.37. The van der Waals surface area contributed by atoms with E-state index in [0.29, 0.717) is 22.6 Å². The lowest BCUT2D eigenvalue weighted by Gasteiger charge is -2.27. The predicted octanol–water partition coefficient (Wildman–Crippen LogP) is 4.46. The molecule has 0 saturated carbocycles. The van der Waals surface area contributed by atoms with Gasteiger partial charge in [0.05, 0.1) is 10.6 Å². The number of nitro groups is 1. The van der Waals surface area contributed by atoms with Crippen LogP contribution in [0.15, 0.2) is 72.3 Å². The molecule has 1 aliphatic rings. The first kappa shape index (κ1) is 23.4. The molecule has 1 heterocycles. The fourth-order valence-electron chi connectivity index (χ4n) is 3.78. The molecule has 1 fully saturated rings. The number of non-ortho nitro benzene ring substituents is 1. The third kappa shape index (κ3) is 5.09. The summed E-state index contributed by atoms with van der Waals surface area (Å²) in [6.45, 7) is 3.73. The molecule has 3 aromatic carbocycles. The second kappa shape index (κ2) is 9.60. The maximum atomic E-state index is 13.2. The maximum Gasteiger partial charge on any atom is 0.335 e. The lowest BCUT2D eigenvalue weighted by molar-refractivity contribution is -0.384. The summed E-state index contributed by atoms with van der Waals surface area (Å²) in [6.07, 6.45) is 1.36. The number of barbiturate groups is 1. The van der Waals surface area contributed by atoms with Crippen LogP contribution < -0.4 is 15.0 Å². The van der Waals surface area contributed by atoms with E-state index in [1.165, 1.54) is 18.2 Å². The van der Waals surface area contributed by atoms with Crippen LogP contribution in [0.1, 0.15) is 22.3 Å². The van der Waals surface area contributed by atoms with Crippen LogP contribution in [0.5, 0.6) is 5.75 Å². The molecular formula is C26H21N3O6. The van der Waals surface area contributed by atoms with E-state index in [1.54, 1.807) is 48.5 Å². The molecule has 1 aliphatic heterocycles. The summed E-state index contributed by atoms with van der Waals surface area (Å²) in [4.78, 5) is 49.8. The minimum atomic E-state index is -0.822. The first-order valence-electron chi connectivity index (χ1n) is 10.7. The Kier molecular flexibility index (Phi) is 6.41. The molecule has 35 heavy (non-hydrogen) atoms. The van der Waals surface area contributed by atoms with Crippen LogP contribution in [0.3, 0.4) is 0 Å². The van der Waals surface area contributed by atoms with Crippen molar-refractivity contribution in [3.05, 3.63) is 105 Å². The highest BCUT2D eigenvalue weighted by molar-refractivity contribution is 6.39. The van der Waals surface area contributed by atoms with E-state index in [-0.39, 0.29) is 17.9 Å². The van der Waals surface area contributed by atoms with E-state index < -0.39 is 22.8 Å². The lowest BCUT2D eigenvalue weighted by atomic mass is 10.0. The SMILES string of the molecule is Cc1cc(C)cc(N2C(=O)NC(=O)/C(=C\c3ccccc3OCc3cccc([N+](=O)[O-])c3)C2=O)c1. The second-order valence-electron chi connectivity index (χ2n) is 8.06. The van der Waals surface area contributed by atoms with Crippen molar-refractivity contribution in [3.63, 3.8) is 0 Å². The number of rotatable bonds is 6. The smallest absolute Gasteiger partial charge is 0.335 e. The van der Waals surface area contributed by atoms with Crippen molar-refractivity contribution in [2.45, 2.75) is 20.5 Å². The van der Waals surface area contributed by atoms with Crippen LogP contribution in [0.25, 0.3) is 6.08 Å². The Labute approximate surface area is 200 Å². The van der Waals surface area contributed by atoms with E-state index in [4.69, 9.17) is 4.74 Å². The van der Waals surface area contributed by atoms with E-state index in [1.807, 2.05) is 19.9 Å². The molecule has 1 N–H and O–H groups in total. The lowest BCUT2D eigenvalue weighted by Crippen LogP contribution is -2.54. The number of hydrogen-bond donors (Lipinski definition) is 1. The summed E-state index contributed by atoms with van der Waals surface area (Å²) >= 11 is 0. The fraction of sp³-hybridized carbons (Fsp3) is 0.115. The second-order valence-corrected chi connectivity index (χ2v) is 8.06. The Balaban J connectivity index is 1.64. The summed E-state index contributed by atoms with van der Waals surface area (Å²) in [7, 11) is 0. The van der Waals surface area contributed by atoms with Crippen LogP contribution in [0, 0.1) is 24.0 Å². The van der Waals surface area contributed by atoms with Gasteiger partial charge in [-0.3, -0.25) is 25.0 Å². The van der Waals surface area contributed by atoms with Crippen molar-refractivity contribution in [3.8, 4) is 5.75 Å². The molecule has 0 aromatic heterocycles. The zero-order valence-corrected chi connectivity index (χ0v) is 19.0. The molecule has 0 unspecified atom stereocenters. The molecule has 9 heteroatoms. The number of imide groups is 2. The number of aryl methyl sites for hydroxylation is 2. The number of hydrogen-bond acceptors (Lipinski definition) is 6. The molecule has 4 rings (SSSR count). The summed E-state index contributed by atoms with van der Waals surface area (Å²) in [5, 5.41) is 13.2. The van der Waals surface area contributed by atoms with Gasteiger partial charge < -0.3 is 4.74 Å². The number of amides is 4. The number of para-hydroxylation sites is 1. The number of nitro benzene ring substituents is 1. The quantitative estimate of drug-likeness (QED) is 0.245. The third-order valence-corrected chi connectivity index (χ3v) is 5.30. The molecule has 0 bridgehead atoms. The van der Waals surface area contributed by atoms with Gasteiger partial charge in [0.15, 0.2) is 0 Å². The van der Waals surface area contributed by atoms with Crippen LogP contribution in [0.4, 0.5) is 16.2 Å². The van der Waals surface area contributed by atoms with Crippen molar-refractivity contribution in [1.82, 2.24) is 5.32 Å². The Morgan fingerprint density at radius 2 is 1.69 bits per heavy atom. The number of anilines is 1. The Morgan fingerprint density at radius 3 is 2.40 bits per heavy atom. The number of ether oxygens (including phenoxy) is 1. The predicted molar refractivity (Wildman–Crippen MR) is 129 cm³/mol. The van der Waals surface area contributed by atoms with Crippen molar-refractivity contribution in [1.29, 1.82) is 0 Å². The summed E-state index contributed by atoms with van der Waals surface area (Å²) in [5.41, 5.74) is 2.83. The maximum absolute atomic E-state index is 13.2. The van der Waals surface area contributed by atoms with Crippen LogP contribution in [-0.4, -0.2) is 22.8 Å². The first-order valence-corrected chi connectivity index (χ1v) is 10.7. The average molecular weight is 471 g/mol. The summed E-state index contributed by atoms with van der Waals surface area (Å²) < 4.78 is 5.84. The molecule has 0 aliphatic carbocycles. The standard InChI is InChI=1S/C26H21N3O6/c1-16-10-17(2)12-21(11-16)28-25(31)22(24(30)27-26(28)32)14-19-7-3-4-9-23(19)35-15-18-6-5-8-20(13-18)29(33)34/h3-14H,15H2,1-2H3,(H,27,30,32)/b22-14+. The molecule has 176 valence electrons. The fourth-order valence-corrected chi connectivity index (χ4v) is 3.78. The number of urea groups is 1. The normalized spacial score (nSPS) is 14.7. The number of carbonyl (C=O) groups is 3. The first-order chi connectivity index (χ1) is 16.7. The third-order valence-electron chi connectivity index (χ3n) is 5.30. The molecule has 3 aromatic rings. The number of benzene rings is 3. The number of nitrogens with one attached hydrogen (secondary N) is 1. The minimum Gasteiger partial charge on any atom is -0.488 e. The molecule has 0 spiro atoms. The average Bonchev–Trinajstić information content (AvgIpc) is 2.80. The van der Waals surface area contributed by atoms with E-state index in [0.717, 1.165) is 16.0 Å². The highest BCUT2D eigenvalue weighted by atomic mass is 16.6. The Hall–Kier alpha value is -4.79. The van der Waals surface area contributed by atoms with E-state index in [2.05, 4.69) is 5.32 Å². The summed E-state index contributed by atoms with van der Waals surface area (Å²) in [5.74, 6) is -1.20. The number of carbonyl (C=O) groups excluding carboxylic acids is 3. The molecular weight excluding hydrogens is 450 g/mol. The largest absolute Gasteiger partial charge is 0.488 e. The van der Waals surface area contributed by atoms with Crippen molar-refractivity contribution < 1.29 is 24.0 Å². The van der Waals surface area contributed by atoms with Crippen molar-refractivity contribution in [2.24, 2.45) is 0 Å². The molecule has 1 saturated heterocycles. The van der Waals surface area contributed by atoms with Gasteiger partial charge in [0.2, 0.25) is 0 Å². The van der Waals surface area contributed by atoms with Gasteiger partial charge in [-0.1, -0.05) is 36.4 Å². The monoisotopic (exact) mass is 471 g/mol. The van der Waals surface area contributed by atoms with Gasteiger partial charge >= 0.3 is 6.03 Å². The van der Waals surface area contributed by atoms with Crippen LogP contribution in [-0.2, 0) is 16.2 Å². The van der Waals surface area contributed by atoms with Gasteiger partial charge in [-0.2, -0.15) is 0 Å². The van der Waals surface area contributed by atoms with E-state index in [9.17, 15) is 24.5 Å². The molecule has 0 atom stereocenters. The van der Waals surface area contributed by atoms with Crippen LogP contribution in [0.2, 0.25) is 0 Å². The van der Waals surface area contributed by atoms with Gasteiger partial charge in [-0.15, -0.1) is 0 Å². The molecule has 4 amide bonds. The Morgan fingerprint density at radius 1 is 0.971 bits per heavy atom. The highest BCUT2D eigenvalue weighted by Crippen LogP contribution is 2.27. The van der Waals surface area contributed by atoms with Gasteiger partial charge in [-0.25, -0.2) is 9.69 Å². The molecule has 0 radical (unpaired) electrons. The van der Waals surface area contributed by atoms with Gasteiger partial charge in [0, 0.05) is 17.7 Å². The zero-order valence-electron chi connectivity index (χ0n) is 19.0. The van der Waals surface area contributed by atoms with E-state index >= 15 is 0 Å².